The lowest BCUT2D eigenvalue weighted by atomic mass is 9.90. The van der Waals surface area contributed by atoms with Crippen LogP contribution in [0.3, 0.4) is 0 Å². The highest BCUT2D eigenvalue weighted by Gasteiger charge is 2.26. The molecule has 0 radical (unpaired) electrons. The molecule has 2 heterocycles. The van der Waals surface area contributed by atoms with Crippen LogP contribution in [-0.2, 0) is 6.42 Å². The molecule has 0 aliphatic heterocycles. The third kappa shape index (κ3) is 4.83. The Morgan fingerprint density at radius 3 is 2.44 bits per heavy atom. The first-order valence-corrected chi connectivity index (χ1v) is 11.5. The van der Waals surface area contributed by atoms with E-state index in [4.69, 9.17) is 4.52 Å². The third-order valence-electron chi connectivity index (χ3n) is 6.24. The van der Waals surface area contributed by atoms with Gasteiger partial charge in [-0.25, -0.2) is 13.8 Å². The van der Waals surface area contributed by atoms with E-state index in [9.17, 15) is 8.78 Å². The summed E-state index contributed by atoms with van der Waals surface area (Å²) in [5.41, 5.74) is 4.45. The van der Waals surface area contributed by atoms with Gasteiger partial charge in [-0.2, -0.15) is 4.98 Å². The van der Waals surface area contributed by atoms with Crippen molar-refractivity contribution < 1.29 is 13.3 Å². The van der Waals surface area contributed by atoms with Crippen molar-refractivity contribution in [2.24, 2.45) is 0 Å². The highest BCUT2D eigenvalue weighted by Crippen LogP contribution is 2.33. The summed E-state index contributed by atoms with van der Waals surface area (Å²) in [6, 6.07) is 13.9. The highest BCUT2D eigenvalue weighted by atomic mass is 19.1. The van der Waals surface area contributed by atoms with E-state index >= 15 is 0 Å². The lowest BCUT2D eigenvalue weighted by molar-refractivity contribution is 0.364. The topological polar surface area (TPSA) is 63.8 Å². The van der Waals surface area contributed by atoms with E-state index in [-0.39, 0.29) is 0 Å². The Bertz CT molecular complexity index is 1280. The van der Waals surface area contributed by atoms with Gasteiger partial charge in [-0.1, -0.05) is 34.5 Å². The smallest absolute Gasteiger partial charge is 0.234 e. The standard InChI is InChI=1S/C27H26F2N4O/c1-16-9-17(2)11-18(10-16)12-24(19-13-20(28)15-21(29)14-19)27-32-26(33-34-27)23-7-4-8-30-25(23)31-22-5-3-6-22/h4,7-11,13-15,22,24H,3,5-6,12H2,1-2H3,(H,30,31). The summed E-state index contributed by atoms with van der Waals surface area (Å²) >= 11 is 0. The second-order valence-corrected chi connectivity index (χ2v) is 9.08. The summed E-state index contributed by atoms with van der Waals surface area (Å²) in [5, 5.41) is 7.66. The largest absolute Gasteiger partial charge is 0.367 e. The molecule has 2 aromatic carbocycles. The van der Waals surface area contributed by atoms with Crippen molar-refractivity contribution in [1.82, 2.24) is 15.1 Å². The fourth-order valence-corrected chi connectivity index (χ4v) is 4.48. The molecular weight excluding hydrogens is 434 g/mol. The third-order valence-corrected chi connectivity index (χ3v) is 6.24. The fraction of sp³-hybridized carbons (Fsp3) is 0.296. The first-order chi connectivity index (χ1) is 16.4. The van der Waals surface area contributed by atoms with Crippen LogP contribution in [0.2, 0.25) is 0 Å². The molecule has 1 atom stereocenters. The predicted molar refractivity (Wildman–Crippen MR) is 127 cm³/mol. The van der Waals surface area contributed by atoms with Crippen LogP contribution < -0.4 is 5.32 Å². The van der Waals surface area contributed by atoms with E-state index in [2.05, 4.69) is 38.6 Å². The number of halogens is 2. The minimum atomic E-state index is -0.639. The zero-order valence-electron chi connectivity index (χ0n) is 19.2. The molecule has 2 aromatic heterocycles. The van der Waals surface area contributed by atoms with Crippen LogP contribution in [-0.4, -0.2) is 21.2 Å². The van der Waals surface area contributed by atoms with Gasteiger partial charge in [0.15, 0.2) is 0 Å². The molecule has 7 heteroatoms. The Balaban J connectivity index is 1.52. The highest BCUT2D eigenvalue weighted by molar-refractivity contribution is 5.69. The maximum absolute atomic E-state index is 14.1. The number of pyridine rings is 1. The molecule has 1 N–H and O–H groups in total. The van der Waals surface area contributed by atoms with Crippen LogP contribution in [0.15, 0.2) is 59.3 Å². The Hall–Kier alpha value is -3.61. The molecule has 174 valence electrons. The monoisotopic (exact) mass is 460 g/mol. The number of aromatic nitrogens is 3. The van der Waals surface area contributed by atoms with Crippen LogP contribution in [0.4, 0.5) is 14.6 Å². The average molecular weight is 461 g/mol. The van der Waals surface area contributed by atoms with Crippen molar-refractivity contribution >= 4 is 5.82 Å². The number of hydrogen-bond acceptors (Lipinski definition) is 5. The van der Waals surface area contributed by atoms with Crippen LogP contribution in [0, 0.1) is 25.5 Å². The Labute approximate surface area is 197 Å². The van der Waals surface area contributed by atoms with Gasteiger partial charge in [0.05, 0.1) is 11.5 Å². The van der Waals surface area contributed by atoms with Crippen LogP contribution in [0.1, 0.15) is 53.3 Å². The Morgan fingerprint density at radius 2 is 1.76 bits per heavy atom. The summed E-state index contributed by atoms with van der Waals surface area (Å²) in [6.07, 6.45) is 5.61. The predicted octanol–water partition coefficient (Wildman–Crippen LogP) is 6.37. The summed E-state index contributed by atoms with van der Waals surface area (Å²) < 4.78 is 33.9. The van der Waals surface area contributed by atoms with Gasteiger partial charge in [-0.05, 0) is 74.9 Å². The molecule has 5 nitrogen and oxygen atoms in total. The summed E-state index contributed by atoms with van der Waals surface area (Å²) in [4.78, 5) is 9.13. The average Bonchev–Trinajstić information content (AvgIpc) is 3.23. The van der Waals surface area contributed by atoms with Crippen LogP contribution in [0.25, 0.3) is 11.4 Å². The molecule has 0 spiro atoms. The molecule has 1 unspecified atom stereocenters. The lowest BCUT2D eigenvalue weighted by Gasteiger charge is -2.27. The van der Waals surface area contributed by atoms with E-state index in [0.717, 1.165) is 41.2 Å². The first kappa shape index (κ1) is 22.2. The van der Waals surface area contributed by atoms with Crippen molar-refractivity contribution in [3.63, 3.8) is 0 Å². The SMILES string of the molecule is Cc1cc(C)cc(CC(c2cc(F)cc(F)c2)c2nc(-c3cccnc3NC3CCC3)no2)c1. The number of aryl methyl sites for hydroxylation is 2. The van der Waals surface area contributed by atoms with E-state index in [1.165, 1.54) is 18.6 Å². The van der Waals surface area contributed by atoms with Crippen LogP contribution >= 0.6 is 0 Å². The normalized spacial score (nSPS) is 14.6. The molecule has 1 aliphatic carbocycles. The van der Waals surface area contributed by atoms with Gasteiger partial charge in [0.2, 0.25) is 11.7 Å². The van der Waals surface area contributed by atoms with Crippen molar-refractivity contribution in [3.8, 4) is 11.4 Å². The van der Waals surface area contributed by atoms with Gasteiger partial charge in [0.1, 0.15) is 17.5 Å². The van der Waals surface area contributed by atoms with Gasteiger partial charge in [-0.15, -0.1) is 0 Å². The quantitative estimate of drug-likeness (QED) is 0.347. The maximum atomic E-state index is 14.1. The van der Waals surface area contributed by atoms with E-state index < -0.39 is 17.6 Å². The number of nitrogens with one attached hydrogen (secondary N) is 1. The molecule has 0 amide bonds. The maximum Gasteiger partial charge on any atom is 0.234 e. The zero-order chi connectivity index (χ0) is 23.7. The van der Waals surface area contributed by atoms with Crippen molar-refractivity contribution in [1.29, 1.82) is 0 Å². The summed E-state index contributed by atoms with van der Waals surface area (Å²) in [5.74, 6) is -0.377. The molecule has 0 saturated heterocycles. The molecule has 4 aromatic rings. The van der Waals surface area contributed by atoms with E-state index in [0.29, 0.717) is 35.6 Å². The Morgan fingerprint density at radius 1 is 1.03 bits per heavy atom. The molecule has 1 aliphatic rings. The summed E-state index contributed by atoms with van der Waals surface area (Å²) in [7, 11) is 0. The van der Waals surface area contributed by atoms with E-state index in [1.807, 2.05) is 26.0 Å². The minimum Gasteiger partial charge on any atom is -0.367 e. The molecular formula is C27H26F2N4O. The van der Waals surface area contributed by atoms with Gasteiger partial charge in [0.25, 0.3) is 0 Å². The summed E-state index contributed by atoms with van der Waals surface area (Å²) in [6.45, 7) is 4.05. The number of nitrogens with zero attached hydrogens (tertiary/aromatic N) is 3. The van der Waals surface area contributed by atoms with Gasteiger partial charge >= 0.3 is 0 Å². The minimum absolute atomic E-state index is 0.303. The zero-order valence-corrected chi connectivity index (χ0v) is 19.2. The molecule has 1 fully saturated rings. The Kier molecular flexibility index (Phi) is 6.09. The molecule has 5 rings (SSSR count). The second kappa shape index (κ2) is 9.33. The first-order valence-electron chi connectivity index (χ1n) is 11.5. The molecule has 0 bridgehead atoms. The van der Waals surface area contributed by atoms with Crippen molar-refractivity contribution in [2.75, 3.05) is 5.32 Å². The number of hydrogen-bond donors (Lipinski definition) is 1. The van der Waals surface area contributed by atoms with Crippen LogP contribution in [0.5, 0.6) is 0 Å². The van der Waals surface area contributed by atoms with Crippen molar-refractivity contribution in [2.45, 2.75) is 51.5 Å². The second-order valence-electron chi connectivity index (χ2n) is 9.08. The van der Waals surface area contributed by atoms with E-state index in [1.54, 1.807) is 6.20 Å². The number of benzene rings is 2. The van der Waals surface area contributed by atoms with Crippen molar-refractivity contribution in [3.05, 3.63) is 94.5 Å². The fourth-order valence-electron chi connectivity index (χ4n) is 4.48. The van der Waals surface area contributed by atoms with Gasteiger partial charge < -0.3 is 9.84 Å². The van der Waals surface area contributed by atoms with Gasteiger partial charge in [0, 0.05) is 18.3 Å². The van der Waals surface area contributed by atoms with Gasteiger partial charge in [-0.3, -0.25) is 0 Å². The molecule has 1 saturated carbocycles. The number of anilines is 1. The molecule has 34 heavy (non-hydrogen) atoms. The number of rotatable bonds is 7. The lowest BCUT2D eigenvalue weighted by Crippen LogP contribution is -2.27.